The second kappa shape index (κ2) is 7.68. The Balaban J connectivity index is 1.49. The summed E-state index contributed by atoms with van der Waals surface area (Å²) in [5.41, 5.74) is 2.11. The summed E-state index contributed by atoms with van der Waals surface area (Å²) in [4.78, 5) is 16.1. The lowest BCUT2D eigenvalue weighted by Gasteiger charge is -2.31. The minimum atomic E-state index is -0.0761. The van der Waals surface area contributed by atoms with Gasteiger partial charge < -0.3 is 20.4 Å². The molecular weight excluding hydrogens is 288 g/mol. The van der Waals surface area contributed by atoms with Crippen LogP contribution in [-0.4, -0.2) is 45.3 Å². The van der Waals surface area contributed by atoms with E-state index in [9.17, 15) is 4.79 Å². The fourth-order valence-corrected chi connectivity index (χ4v) is 3.50. The Morgan fingerprint density at radius 3 is 2.39 bits per heavy atom. The number of anilines is 2. The minimum absolute atomic E-state index is 0.0761. The number of benzene rings is 1. The summed E-state index contributed by atoms with van der Waals surface area (Å²) in [6.07, 6.45) is 5.98. The van der Waals surface area contributed by atoms with E-state index in [0.29, 0.717) is 6.04 Å². The molecule has 0 atom stereocenters. The van der Waals surface area contributed by atoms with Crippen molar-refractivity contribution in [3.05, 3.63) is 24.3 Å². The van der Waals surface area contributed by atoms with Crippen LogP contribution in [0, 0.1) is 0 Å². The van der Waals surface area contributed by atoms with Crippen molar-refractivity contribution in [3.8, 4) is 0 Å². The zero-order valence-corrected chi connectivity index (χ0v) is 14.1. The first-order valence-electron chi connectivity index (χ1n) is 8.94. The molecule has 2 aliphatic rings. The van der Waals surface area contributed by atoms with Crippen molar-refractivity contribution < 1.29 is 9.69 Å². The number of urea groups is 1. The first kappa shape index (κ1) is 16.1. The number of quaternary nitrogens is 1. The minimum Gasteiger partial charge on any atom is -0.360 e. The molecular formula is C18H29N4O+. The Hall–Kier alpha value is -1.75. The Labute approximate surface area is 139 Å². The Morgan fingerprint density at radius 1 is 1.09 bits per heavy atom. The number of nitrogens with zero attached hydrogens (tertiary/aromatic N) is 1. The van der Waals surface area contributed by atoms with E-state index in [-0.39, 0.29) is 6.03 Å². The third-order valence-electron chi connectivity index (χ3n) is 5.05. The molecule has 5 heteroatoms. The van der Waals surface area contributed by atoms with Crippen molar-refractivity contribution in [2.24, 2.45) is 0 Å². The van der Waals surface area contributed by atoms with E-state index in [0.717, 1.165) is 31.6 Å². The van der Waals surface area contributed by atoms with Gasteiger partial charge in [0.15, 0.2) is 0 Å². The van der Waals surface area contributed by atoms with Crippen LogP contribution in [0.15, 0.2) is 24.3 Å². The van der Waals surface area contributed by atoms with Gasteiger partial charge in [0.05, 0.1) is 33.2 Å². The highest BCUT2D eigenvalue weighted by molar-refractivity contribution is 5.89. The van der Waals surface area contributed by atoms with Crippen molar-refractivity contribution in [1.29, 1.82) is 0 Å². The maximum absolute atomic E-state index is 12.1. The molecule has 1 aromatic rings. The third kappa shape index (κ3) is 4.61. The van der Waals surface area contributed by atoms with Gasteiger partial charge in [-0.25, -0.2) is 4.79 Å². The van der Waals surface area contributed by atoms with Crippen molar-refractivity contribution >= 4 is 17.4 Å². The van der Waals surface area contributed by atoms with E-state index in [2.05, 4.69) is 34.7 Å². The number of likely N-dealkylation sites (N-methyl/N-ethyl adjacent to an activating group) is 1. The highest BCUT2D eigenvalue weighted by Gasteiger charge is 2.17. The predicted molar refractivity (Wildman–Crippen MR) is 94.3 cm³/mol. The van der Waals surface area contributed by atoms with E-state index in [1.807, 2.05) is 12.1 Å². The summed E-state index contributed by atoms with van der Waals surface area (Å²) in [5, 5.41) is 6.04. The molecule has 0 bridgehead atoms. The fourth-order valence-electron chi connectivity index (χ4n) is 3.50. The van der Waals surface area contributed by atoms with Crippen molar-refractivity contribution in [2.75, 3.05) is 43.4 Å². The van der Waals surface area contributed by atoms with Crippen LogP contribution in [0.1, 0.15) is 32.1 Å². The first-order valence-corrected chi connectivity index (χ1v) is 8.94. The number of amides is 2. The molecule has 0 aromatic heterocycles. The summed E-state index contributed by atoms with van der Waals surface area (Å²) in [6, 6.07) is 8.49. The molecule has 1 aliphatic heterocycles. The van der Waals surface area contributed by atoms with E-state index in [1.165, 1.54) is 38.0 Å². The average molecular weight is 317 g/mol. The summed E-state index contributed by atoms with van der Waals surface area (Å²) in [7, 11) is 2.25. The molecule has 3 N–H and O–H groups in total. The lowest BCUT2D eigenvalue weighted by atomic mass is 9.96. The van der Waals surface area contributed by atoms with Gasteiger partial charge in [0.25, 0.3) is 0 Å². The maximum atomic E-state index is 12.1. The SMILES string of the molecule is C[NH+]1CCN(c2ccc(NC(=O)NC3CCCCC3)cc2)CC1. The molecule has 23 heavy (non-hydrogen) atoms. The van der Waals surface area contributed by atoms with Crippen LogP contribution in [-0.2, 0) is 0 Å². The molecule has 1 saturated carbocycles. The first-order chi connectivity index (χ1) is 11.2. The lowest BCUT2D eigenvalue weighted by molar-refractivity contribution is -0.880. The number of carbonyl (C=O) groups excluding carboxylic acids is 1. The van der Waals surface area contributed by atoms with Crippen molar-refractivity contribution in [3.63, 3.8) is 0 Å². The molecule has 2 amide bonds. The maximum Gasteiger partial charge on any atom is 0.319 e. The molecule has 5 nitrogen and oxygen atoms in total. The van der Waals surface area contributed by atoms with Gasteiger partial charge in [-0.3, -0.25) is 0 Å². The zero-order valence-electron chi connectivity index (χ0n) is 14.1. The van der Waals surface area contributed by atoms with Gasteiger partial charge >= 0.3 is 6.03 Å². The predicted octanol–water partition coefficient (Wildman–Crippen LogP) is 1.48. The van der Waals surface area contributed by atoms with E-state index in [1.54, 1.807) is 4.90 Å². The monoisotopic (exact) mass is 317 g/mol. The second-order valence-electron chi connectivity index (χ2n) is 6.92. The van der Waals surface area contributed by atoms with Crippen molar-refractivity contribution in [1.82, 2.24) is 5.32 Å². The fraction of sp³-hybridized carbons (Fsp3) is 0.611. The van der Waals surface area contributed by atoms with Crippen LogP contribution in [0.3, 0.4) is 0 Å². The van der Waals surface area contributed by atoms with Gasteiger partial charge in [-0.15, -0.1) is 0 Å². The van der Waals surface area contributed by atoms with Gasteiger partial charge in [0.1, 0.15) is 0 Å². The molecule has 3 rings (SSSR count). The Bertz CT molecular complexity index is 502. The van der Waals surface area contributed by atoms with Gasteiger partial charge in [0.2, 0.25) is 0 Å². The summed E-state index contributed by atoms with van der Waals surface area (Å²) in [6.45, 7) is 4.56. The van der Waals surface area contributed by atoms with Crippen LogP contribution in [0.2, 0.25) is 0 Å². The highest BCUT2D eigenvalue weighted by Crippen LogP contribution is 2.19. The molecule has 1 aromatic carbocycles. The van der Waals surface area contributed by atoms with Crippen LogP contribution < -0.4 is 20.4 Å². The number of hydrogen-bond donors (Lipinski definition) is 3. The van der Waals surface area contributed by atoms with Gasteiger partial charge in [-0.2, -0.15) is 0 Å². The molecule has 126 valence electrons. The normalized spacial score (nSPS) is 20.3. The van der Waals surface area contributed by atoms with Crippen LogP contribution >= 0.6 is 0 Å². The summed E-state index contributed by atoms with van der Waals surface area (Å²) >= 11 is 0. The quantitative estimate of drug-likeness (QED) is 0.791. The Morgan fingerprint density at radius 2 is 1.74 bits per heavy atom. The highest BCUT2D eigenvalue weighted by atomic mass is 16.2. The number of piperazine rings is 1. The molecule has 2 fully saturated rings. The summed E-state index contributed by atoms with van der Waals surface area (Å²) < 4.78 is 0. The number of hydrogen-bond acceptors (Lipinski definition) is 2. The lowest BCUT2D eigenvalue weighted by Crippen LogP contribution is -3.12. The second-order valence-corrected chi connectivity index (χ2v) is 6.92. The number of rotatable bonds is 3. The third-order valence-corrected chi connectivity index (χ3v) is 5.05. The van der Waals surface area contributed by atoms with Gasteiger partial charge in [-0.1, -0.05) is 19.3 Å². The molecule has 0 spiro atoms. The van der Waals surface area contributed by atoms with Gasteiger partial charge in [-0.05, 0) is 37.1 Å². The van der Waals surface area contributed by atoms with Gasteiger partial charge in [0, 0.05) is 17.4 Å². The van der Waals surface area contributed by atoms with Crippen LogP contribution in [0.5, 0.6) is 0 Å². The smallest absolute Gasteiger partial charge is 0.319 e. The van der Waals surface area contributed by atoms with Crippen LogP contribution in [0.4, 0.5) is 16.2 Å². The van der Waals surface area contributed by atoms with Crippen LogP contribution in [0.25, 0.3) is 0 Å². The number of nitrogens with one attached hydrogen (secondary N) is 3. The largest absolute Gasteiger partial charge is 0.360 e. The molecule has 0 radical (unpaired) electrons. The van der Waals surface area contributed by atoms with E-state index < -0.39 is 0 Å². The molecule has 1 heterocycles. The van der Waals surface area contributed by atoms with E-state index >= 15 is 0 Å². The average Bonchev–Trinajstić information content (AvgIpc) is 2.57. The molecule has 0 unspecified atom stereocenters. The number of carbonyl (C=O) groups is 1. The molecule has 1 saturated heterocycles. The van der Waals surface area contributed by atoms with E-state index in [4.69, 9.17) is 0 Å². The summed E-state index contributed by atoms with van der Waals surface area (Å²) in [5.74, 6) is 0. The standard InChI is InChI=1S/C18H28N4O/c1-21-11-13-22(14-12-21)17-9-7-16(8-10-17)20-18(23)19-15-5-3-2-4-6-15/h7-10,15H,2-6,11-14H2,1H3,(H2,19,20,23)/p+1. The topological polar surface area (TPSA) is 48.8 Å². The molecule has 1 aliphatic carbocycles. The Kier molecular flexibility index (Phi) is 5.39. The van der Waals surface area contributed by atoms with Crippen molar-refractivity contribution in [2.45, 2.75) is 38.1 Å². The zero-order chi connectivity index (χ0) is 16.1.